The maximum atomic E-state index is 13.9. The van der Waals surface area contributed by atoms with E-state index in [2.05, 4.69) is 0 Å². The Morgan fingerprint density at radius 1 is 1.13 bits per heavy atom. The number of benzene rings is 3. The van der Waals surface area contributed by atoms with Crippen molar-refractivity contribution in [3.05, 3.63) is 104 Å². The average Bonchev–Trinajstić information content (AvgIpc) is 3.02. The molecule has 0 N–H and O–H groups in total. The number of Topliss-reactive ketones (excluding diaryl/α,β-unsaturated/α-hetero) is 1. The van der Waals surface area contributed by atoms with Crippen LogP contribution in [0.2, 0.25) is 5.02 Å². The van der Waals surface area contributed by atoms with Crippen LogP contribution in [0.4, 0.5) is 10.1 Å². The number of nitro benzene ring substituents is 1. The molecule has 0 amide bonds. The van der Waals surface area contributed by atoms with Gasteiger partial charge in [0.05, 0.1) is 15.5 Å². The molecule has 0 saturated heterocycles. The van der Waals surface area contributed by atoms with Crippen molar-refractivity contribution in [1.29, 1.82) is 0 Å². The molecule has 3 aromatic rings. The third kappa shape index (κ3) is 3.88. The summed E-state index contributed by atoms with van der Waals surface area (Å²) in [7, 11) is 0. The summed E-state index contributed by atoms with van der Waals surface area (Å²) < 4.78 is 25.1. The van der Waals surface area contributed by atoms with Gasteiger partial charge in [0.1, 0.15) is 23.9 Å². The van der Waals surface area contributed by atoms with Crippen molar-refractivity contribution >= 4 is 29.1 Å². The van der Waals surface area contributed by atoms with Crippen molar-refractivity contribution in [3.63, 3.8) is 0 Å². The molecule has 6 nitrogen and oxygen atoms in total. The van der Waals surface area contributed by atoms with Crippen molar-refractivity contribution in [2.45, 2.75) is 6.61 Å². The van der Waals surface area contributed by atoms with Crippen LogP contribution >= 0.6 is 11.6 Å². The highest BCUT2D eigenvalue weighted by Crippen LogP contribution is 2.35. The van der Waals surface area contributed by atoms with Gasteiger partial charge in [-0.3, -0.25) is 14.9 Å². The van der Waals surface area contributed by atoms with Gasteiger partial charge >= 0.3 is 0 Å². The van der Waals surface area contributed by atoms with E-state index in [0.29, 0.717) is 16.9 Å². The Morgan fingerprint density at radius 2 is 1.93 bits per heavy atom. The Balaban J connectivity index is 1.54. The van der Waals surface area contributed by atoms with Gasteiger partial charge in [-0.2, -0.15) is 0 Å². The fraction of sp³-hybridized carbons (Fsp3) is 0.0455. The minimum absolute atomic E-state index is 0.0415. The van der Waals surface area contributed by atoms with E-state index in [-0.39, 0.29) is 40.2 Å². The van der Waals surface area contributed by atoms with E-state index in [1.807, 2.05) is 0 Å². The Kier molecular flexibility index (Phi) is 5.20. The monoisotopic (exact) mass is 425 g/mol. The predicted molar refractivity (Wildman–Crippen MR) is 108 cm³/mol. The van der Waals surface area contributed by atoms with Gasteiger partial charge in [-0.05, 0) is 35.9 Å². The van der Waals surface area contributed by atoms with E-state index in [1.54, 1.807) is 24.3 Å². The van der Waals surface area contributed by atoms with Crippen LogP contribution < -0.4 is 9.47 Å². The van der Waals surface area contributed by atoms with Crippen LogP contribution in [0.1, 0.15) is 21.5 Å². The zero-order valence-corrected chi connectivity index (χ0v) is 16.1. The molecule has 0 bridgehead atoms. The van der Waals surface area contributed by atoms with Gasteiger partial charge in [-0.1, -0.05) is 29.8 Å². The van der Waals surface area contributed by atoms with Crippen molar-refractivity contribution < 1.29 is 23.6 Å². The largest absolute Gasteiger partial charge is 0.489 e. The number of rotatable bonds is 5. The third-order valence-corrected chi connectivity index (χ3v) is 4.82. The van der Waals surface area contributed by atoms with E-state index in [4.69, 9.17) is 21.1 Å². The topological polar surface area (TPSA) is 78.7 Å². The average molecular weight is 426 g/mol. The van der Waals surface area contributed by atoms with Crippen LogP contribution in [-0.2, 0) is 6.61 Å². The number of ether oxygens (including phenoxy) is 2. The van der Waals surface area contributed by atoms with Crippen molar-refractivity contribution in [1.82, 2.24) is 0 Å². The molecule has 0 radical (unpaired) electrons. The molecule has 0 unspecified atom stereocenters. The first-order chi connectivity index (χ1) is 14.4. The normalized spacial score (nSPS) is 13.8. The Hall–Kier alpha value is -3.71. The molecular formula is C22H13ClFNO5. The Labute approximate surface area is 175 Å². The third-order valence-electron chi connectivity index (χ3n) is 4.47. The van der Waals surface area contributed by atoms with E-state index in [0.717, 1.165) is 0 Å². The molecule has 0 spiro atoms. The number of halogens is 2. The number of carbonyl (C=O) groups is 1. The lowest BCUT2D eigenvalue weighted by Crippen LogP contribution is -1.99. The van der Waals surface area contributed by atoms with Crippen LogP contribution in [0.5, 0.6) is 11.5 Å². The smallest absolute Gasteiger partial charge is 0.270 e. The molecule has 1 heterocycles. The van der Waals surface area contributed by atoms with Crippen LogP contribution in [0.3, 0.4) is 0 Å². The molecule has 3 aromatic carbocycles. The lowest BCUT2D eigenvalue weighted by atomic mass is 10.1. The van der Waals surface area contributed by atoms with E-state index < -0.39 is 10.7 Å². The van der Waals surface area contributed by atoms with Gasteiger partial charge in [0.15, 0.2) is 5.76 Å². The summed E-state index contributed by atoms with van der Waals surface area (Å²) in [4.78, 5) is 23.0. The lowest BCUT2D eigenvalue weighted by molar-refractivity contribution is -0.384. The minimum atomic E-state index is -0.514. The zero-order chi connectivity index (χ0) is 21.3. The second-order valence-corrected chi connectivity index (χ2v) is 6.85. The molecule has 8 heteroatoms. The summed E-state index contributed by atoms with van der Waals surface area (Å²) in [5, 5.41) is 11.2. The highest BCUT2D eigenvalue weighted by atomic mass is 35.5. The SMILES string of the molecule is O=C1/C(=C/c2cccc([N+](=O)[O-])c2)Oc2cc(OCc3c(F)cccc3Cl)ccc21. The van der Waals surface area contributed by atoms with Crippen LogP contribution in [-0.4, -0.2) is 10.7 Å². The van der Waals surface area contributed by atoms with Gasteiger partial charge in [-0.15, -0.1) is 0 Å². The Bertz CT molecular complexity index is 1190. The number of hydrogen-bond acceptors (Lipinski definition) is 5. The second kappa shape index (κ2) is 7.96. The molecule has 1 aliphatic rings. The number of carbonyl (C=O) groups excluding carboxylic acids is 1. The molecule has 4 rings (SSSR count). The number of allylic oxidation sites excluding steroid dienone is 1. The summed E-state index contributed by atoms with van der Waals surface area (Å²) in [6.07, 6.45) is 1.44. The van der Waals surface area contributed by atoms with Gasteiger partial charge in [-0.25, -0.2) is 4.39 Å². The number of nitro groups is 1. The van der Waals surface area contributed by atoms with Crippen molar-refractivity contribution in [2.24, 2.45) is 0 Å². The van der Waals surface area contributed by atoms with E-state index in [1.165, 1.54) is 42.5 Å². The number of nitrogens with zero attached hydrogens (tertiary/aromatic N) is 1. The van der Waals surface area contributed by atoms with Crippen LogP contribution in [0.15, 0.2) is 66.4 Å². The van der Waals surface area contributed by atoms with Crippen LogP contribution in [0, 0.1) is 15.9 Å². The van der Waals surface area contributed by atoms with E-state index >= 15 is 0 Å². The molecule has 0 aliphatic carbocycles. The fourth-order valence-electron chi connectivity index (χ4n) is 2.96. The first-order valence-electron chi connectivity index (χ1n) is 8.81. The number of non-ortho nitro benzene ring substituents is 1. The first kappa shape index (κ1) is 19.6. The predicted octanol–water partition coefficient (Wildman–Crippen LogP) is 5.58. The summed E-state index contributed by atoms with van der Waals surface area (Å²) in [5.74, 6) is -0.122. The summed E-state index contributed by atoms with van der Waals surface area (Å²) >= 11 is 6.00. The van der Waals surface area contributed by atoms with Crippen molar-refractivity contribution in [3.8, 4) is 11.5 Å². The molecule has 0 atom stereocenters. The molecule has 30 heavy (non-hydrogen) atoms. The second-order valence-electron chi connectivity index (χ2n) is 6.44. The first-order valence-corrected chi connectivity index (χ1v) is 9.18. The molecule has 0 fully saturated rings. The number of ketones is 1. The molecule has 0 aromatic heterocycles. The summed E-state index contributed by atoms with van der Waals surface area (Å²) in [6.45, 7) is -0.0887. The molecule has 1 aliphatic heterocycles. The zero-order valence-electron chi connectivity index (χ0n) is 15.3. The fourth-order valence-corrected chi connectivity index (χ4v) is 3.18. The van der Waals surface area contributed by atoms with Gasteiger partial charge in [0, 0.05) is 23.8 Å². The van der Waals surface area contributed by atoms with Gasteiger partial charge in [0.25, 0.3) is 5.69 Å². The quantitative estimate of drug-likeness (QED) is 0.303. The minimum Gasteiger partial charge on any atom is -0.489 e. The van der Waals surface area contributed by atoms with Gasteiger partial charge < -0.3 is 9.47 Å². The standard InChI is InChI=1S/C22H13ClFNO5/c23-18-5-2-6-19(24)17(18)12-29-15-7-8-16-20(11-15)30-21(22(16)26)10-13-3-1-4-14(9-13)25(27)28/h1-11H,12H2/b21-10-. The maximum Gasteiger partial charge on any atom is 0.270 e. The number of fused-ring (bicyclic) bond motifs is 1. The highest BCUT2D eigenvalue weighted by Gasteiger charge is 2.28. The summed E-state index contributed by atoms with van der Waals surface area (Å²) in [5.41, 5.74) is 0.937. The lowest BCUT2D eigenvalue weighted by Gasteiger charge is -2.09. The molecule has 0 saturated carbocycles. The van der Waals surface area contributed by atoms with Crippen molar-refractivity contribution in [2.75, 3.05) is 0 Å². The summed E-state index contributed by atoms with van der Waals surface area (Å²) in [6, 6.07) is 14.9. The molecule has 150 valence electrons. The highest BCUT2D eigenvalue weighted by molar-refractivity contribution is 6.31. The molecular weight excluding hydrogens is 413 g/mol. The van der Waals surface area contributed by atoms with Gasteiger partial charge in [0.2, 0.25) is 5.78 Å². The Morgan fingerprint density at radius 3 is 2.70 bits per heavy atom. The van der Waals surface area contributed by atoms with Crippen LogP contribution in [0.25, 0.3) is 6.08 Å². The van der Waals surface area contributed by atoms with E-state index in [9.17, 15) is 19.3 Å². The number of hydrogen-bond donors (Lipinski definition) is 0. The maximum absolute atomic E-state index is 13.9.